The smallest absolute Gasteiger partial charge is 0.238 e. The highest BCUT2D eigenvalue weighted by Crippen LogP contribution is 2.19. The van der Waals surface area contributed by atoms with Gasteiger partial charge in [-0.2, -0.15) is 0 Å². The van der Waals surface area contributed by atoms with Crippen LogP contribution in [0.2, 0.25) is 0 Å². The molecule has 4 heteroatoms. The van der Waals surface area contributed by atoms with Gasteiger partial charge in [0.15, 0.2) is 0 Å². The van der Waals surface area contributed by atoms with Crippen LogP contribution in [-0.2, 0) is 17.9 Å². The summed E-state index contributed by atoms with van der Waals surface area (Å²) in [5.41, 5.74) is 1.97. The van der Waals surface area contributed by atoms with E-state index in [0.29, 0.717) is 13.1 Å². The highest BCUT2D eigenvalue weighted by atomic mass is 16.3. The lowest BCUT2D eigenvalue weighted by Crippen LogP contribution is -2.32. The van der Waals surface area contributed by atoms with Gasteiger partial charge in [0, 0.05) is 12.2 Å². The van der Waals surface area contributed by atoms with E-state index < -0.39 is 0 Å². The number of carbonyl (C=O) groups is 1. The zero-order valence-electron chi connectivity index (χ0n) is 15.5. The second-order valence-electron chi connectivity index (χ2n) is 6.82. The van der Waals surface area contributed by atoms with Crippen molar-refractivity contribution in [1.29, 1.82) is 0 Å². The van der Waals surface area contributed by atoms with Crippen LogP contribution < -0.4 is 5.32 Å². The van der Waals surface area contributed by atoms with Gasteiger partial charge >= 0.3 is 0 Å². The van der Waals surface area contributed by atoms with Crippen molar-refractivity contribution in [2.75, 3.05) is 11.9 Å². The summed E-state index contributed by atoms with van der Waals surface area (Å²) in [5, 5.41) is 5.28. The lowest BCUT2D eigenvalue weighted by molar-refractivity contribution is -0.117. The lowest BCUT2D eigenvalue weighted by Gasteiger charge is -2.21. The van der Waals surface area contributed by atoms with Crippen LogP contribution in [0, 0.1) is 0 Å². The third-order valence-electron chi connectivity index (χ3n) is 4.61. The molecule has 0 aliphatic carbocycles. The minimum Gasteiger partial charge on any atom is -0.468 e. The molecule has 0 radical (unpaired) electrons. The van der Waals surface area contributed by atoms with Gasteiger partial charge in [-0.25, -0.2) is 0 Å². The Morgan fingerprint density at radius 2 is 1.61 bits per heavy atom. The Labute approximate surface area is 164 Å². The van der Waals surface area contributed by atoms with E-state index in [1.54, 1.807) is 6.26 Å². The third kappa shape index (κ3) is 4.67. The molecule has 0 saturated heterocycles. The highest BCUT2D eigenvalue weighted by Gasteiger charge is 2.14. The fraction of sp³-hybridized carbons (Fsp3) is 0.125. The van der Waals surface area contributed by atoms with Crippen LogP contribution in [0.5, 0.6) is 0 Å². The average molecular weight is 370 g/mol. The number of nitrogens with zero attached hydrogens (tertiary/aromatic N) is 1. The van der Waals surface area contributed by atoms with Crippen molar-refractivity contribution in [3.8, 4) is 0 Å². The van der Waals surface area contributed by atoms with E-state index in [1.165, 1.54) is 0 Å². The first-order valence-electron chi connectivity index (χ1n) is 9.33. The van der Waals surface area contributed by atoms with Crippen molar-refractivity contribution in [2.24, 2.45) is 0 Å². The molecule has 0 fully saturated rings. The maximum atomic E-state index is 12.7. The van der Waals surface area contributed by atoms with E-state index in [-0.39, 0.29) is 12.5 Å². The Kier molecular flexibility index (Phi) is 5.50. The SMILES string of the molecule is O=C(CN(Cc1ccccc1)Cc1ccco1)Nc1ccc2ccccc2c1. The number of hydrogen-bond acceptors (Lipinski definition) is 3. The molecule has 28 heavy (non-hydrogen) atoms. The number of hydrogen-bond donors (Lipinski definition) is 1. The number of nitrogens with one attached hydrogen (secondary N) is 1. The van der Waals surface area contributed by atoms with Crippen molar-refractivity contribution in [3.63, 3.8) is 0 Å². The molecule has 0 saturated carbocycles. The molecule has 1 N–H and O–H groups in total. The average Bonchev–Trinajstić information content (AvgIpc) is 3.21. The van der Waals surface area contributed by atoms with Crippen LogP contribution >= 0.6 is 0 Å². The van der Waals surface area contributed by atoms with Gasteiger partial charge in [0.25, 0.3) is 0 Å². The number of furan rings is 1. The molecule has 1 aromatic heterocycles. The summed E-state index contributed by atoms with van der Waals surface area (Å²) < 4.78 is 5.48. The maximum absolute atomic E-state index is 12.7. The molecular weight excluding hydrogens is 348 g/mol. The first kappa shape index (κ1) is 18.0. The summed E-state index contributed by atoms with van der Waals surface area (Å²) in [6, 6.07) is 28.0. The molecular formula is C24H22N2O2. The molecule has 0 bridgehead atoms. The minimum absolute atomic E-state index is 0.0437. The Morgan fingerprint density at radius 1 is 0.821 bits per heavy atom. The highest BCUT2D eigenvalue weighted by molar-refractivity contribution is 5.95. The quantitative estimate of drug-likeness (QED) is 0.494. The largest absolute Gasteiger partial charge is 0.468 e. The molecule has 0 spiro atoms. The number of anilines is 1. The number of carbonyl (C=O) groups excluding carboxylic acids is 1. The van der Waals surface area contributed by atoms with Gasteiger partial charge in [-0.1, -0.05) is 60.7 Å². The van der Waals surface area contributed by atoms with Crippen LogP contribution in [0.15, 0.2) is 95.6 Å². The van der Waals surface area contributed by atoms with Gasteiger partial charge in [-0.15, -0.1) is 0 Å². The van der Waals surface area contributed by atoms with Crippen LogP contribution in [0.1, 0.15) is 11.3 Å². The van der Waals surface area contributed by atoms with E-state index >= 15 is 0 Å². The van der Waals surface area contributed by atoms with Gasteiger partial charge in [-0.3, -0.25) is 9.69 Å². The Hall–Kier alpha value is -3.37. The number of rotatable bonds is 7. The van der Waals surface area contributed by atoms with Crippen molar-refractivity contribution < 1.29 is 9.21 Å². The molecule has 1 amide bonds. The maximum Gasteiger partial charge on any atom is 0.238 e. The summed E-state index contributed by atoms with van der Waals surface area (Å²) >= 11 is 0. The van der Waals surface area contributed by atoms with Crippen LogP contribution in [-0.4, -0.2) is 17.4 Å². The number of fused-ring (bicyclic) bond motifs is 1. The fourth-order valence-electron chi connectivity index (χ4n) is 3.30. The minimum atomic E-state index is -0.0437. The van der Waals surface area contributed by atoms with Crippen molar-refractivity contribution in [2.45, 2.75) is 13.1 Å². The second-order valence-corrected chi connectivity index (χ2v) is 6.82. The molecule has 0 atom stereocenters. The molecule has 0 aliphatic heterocycles. The Morgan fingerprint density at radius 3 is 2.39 bits per heavy atom. The summed E-state index contributed by atoms with van der Waals surface area (Å²) in [4.78, 5) is 14.8. The topological polar surface area (TPSA) is 45.5 Å². The van der Waals surface area contributed by atoms with E-state index in [1.807, 2.05) is 66.7 Å². The first-order valence-corrected chi connectivity index (χ1v) is 9.33. The zero-order chi connectivity index (χ0) is 19.2. The summed E-state index contributed by atoms with van der Waals surface area (Å²) in [6.45, 7) is 1.53. The van der Waals surface area contributed by atoms with E-state index in [4.69, 9.17) is 4.42 Å². The molecule has 3 aromatic carbocycles. The summed E-state index contributed by atoms with van der Waals surface area (Å²) in [5.74, 6) is 0.798. The molecule has 4 aromatic rings. The fourth-order valence-corrected chi connectivity index (χ4v) is 3.30. The van der Waals surface area contributed by atoms with Gasteiger partial charge in [-0.05, 0) is 40.6 Å². The Bertz CT molecular complexity index is 1040. The second kappa shape index (κ2) is 8.55. The predicted octanol–water partition coefficient (Wildman–Crippen LogP) is 5.07. The van der Waals surface area contributed by atoms with Crippen molar-refractivity contribution >= 4 is 22.4 Å². The van der Waals surface area contributed by atoms with Crippen molar-refractivity contribution in [1.82, 2.24) is 4.90 Å². The van der Waals surface area contributed by atoms with E-state index in [9.17, 15) is 4.79 Å². The summed E-state index contributed by atoms with van der Waals surface area (Å²) in [7, 11) is 0. The van der Waals surface area contributed by atoms with Crippen LogP contribution in [0.3, 0.4) is 0 Å². The van der Waals surface area contributed by atoms with Crippen molar-refractivity contribution in [3.05, 3.63) is 103 Å². The predicted molar refractivity (Wildman–Crippen MR) is 112 cm³/mol. The molecule has 1 heterocycles. The molecule has 0 aliphatic rings. The molecule has 140 valence electrons. The Balaban J connectivity index is 1.45. The first-order chi connectivity index (χ1) is 13.8. The summed E-state index contributed by atoms with van der Waals surface area (Å²) in [6.07, 6.45) is 1.66. The van der Waals surface area contributed by atoms with Crippen LogP contribution in [0.4, 0.5) is 5.69 Å². The van der Waals surface area contributed by atoms with Gasteiger partial charge in [0.1, 0.15) is 5.76 Å². The molecule has 4 rings (SSSR count). The van der Waals surface area contributed by atoms with E-state index in [2.05, 4.69) is 28.4 Å². The molecule has 0 unspecified atom stereocenters. The van der Waals surface area contributed by atoms with Gasteiger partial charge in [0.05, 0.1) is 19.4 Å². The van der Waals surface area contributed by atoms with E-state index in [0.717, 1.165) is 27.8 Å². The monoisotopic (exact) mass is 370 g/mol. The zero-order valence-corrected chi connectivity index (χ0v) is 15.5. The normalized spacial score (nSPS) is 11.0. The number of benzene rings is 3. The standard InChI is InChI=1S/C24H22N2O2/c27-24(25-22-13-12-20-9-4-5-10-21(20)15-22)18-26(17-23-11-6-14-28-23)16-19-7-2-1-3-8-19/h1-15H,16-18H2,(H,25,27). The third-order valence-corrected chi connectivity index (χ3v) is 4.61. The van der Waals surface area contributed by atoms with Crippen LogP contribution in [0.25, 0.3) is 10.8 Å². The lowest BCUT2D eigenvalue weighted by atomic mass is 10.1. The number of amides is 1. The molecule has 4 nitrogen and oxygen atoms in total. The van der Waals surface area contributed by atoms with Gasteiger partial charge in [0.2, 0.25) is 5.91 Å². The van der Waals surface area contributed by atoms with Gasteiger partial charge < -0.3 is 9.73 Å².